The van der Waals surface area contributed by atoms with Gasteiger partial charge in [-0.25, -0.2) is 4.79 Å². The molecular formula is C21H23N3O3. The number of hydrogen-bond donors (Lipinski definition) is 2. The number of amides is 2. The van der Waals surface area contributed by atoms with Crippen LogP contribution in [0.5, 0.6) is 0 Å². The van der Waals surface area contributed by atoms with E-state index in [1.807, 2.05) is 30.5 Å². The van der Waals surface area contributed by atoms with Crippen molar-refractivity contribution < 1.29 is 14.3 Å². The van der Waals surface area contributed by atoms with E-state index in [1.54, 1.807) is 24.3 Å². The molecule has 0 saturated carbocycles. The topological polar surface area (TPSA) is 72.4 Å². The normalized spacial score (nSPS) is 10.8. The SMILES string of the molecule is COC(=O)Nc1ccc(NC(=O)c2cn(CC(C)C)c3ccccc23)cc1. The van der Waals surface area contributed by atoms with E-state index in [9.17, 15) is 9.59 Å². The zero-order chi connectivity index (χ0) is 19.4. The summed E-state index contributed by atoms with van der Waals surface area (Å²) in [6.45, 7) is 5.15. The molecule has 0 aliphatic rings. The van der Waals surface area contributed by atoms with Crippen LogP contribution in [0, 0.1) is 5.92 Å². The summed E-state index contributed by atoms with van der Waals surface area (Å²) in [5.41, 5.74) is 2.93. The van der Waals surface area contributed by atoms with Gasteiger partial charge in [-0.05, 0) is 36.2 Å². The number of rotatable bonds is 5. The standard InChI is InChI=1S/C21H23N3O3/c1-14(2)12-24-13-18(17-6-4-5-7-19(17)24)20(25)22-15-8-10-16(11-9-15)23-21(26)27-3/h4-11,13-14H,12H2,1-3H3,(H,22,25)(H,23,26). The Labute approximate surface area is 158 Å². The van der Waals surface area contributed by atoms with E-state index in [-0.39, 0.29) is 5.91 Å². The van der Waals surface area contributed by atoms with Crippen LogP contribution in [-0.4, -0.2) is 23.7 Å². The molecule has 2 amide bonds. The number of fused-ring (bicyclic) bond motifs is 1. The summed E-state index contributed by atoms with van der Waals surface area (Å²) < 4.78 is 6.68. The molecule has 1 aromatic heterocycles. The molecule has 6 nitrogen and oxygen atoms in total. The van der Waals surface area contributed by atoms with E-state index in [0.717, 1.165) is 17.4 Å². The van der Waals surface area contributed by atoms with Crippen molar-refractivity contribution >= 4 is 34.3 Å². The molecule has 2 N–H and O–H groups in total. The number of carbonyl (C=O) groups excluding carboxylic acids is 2. The summed E-state index contributed by atoms with van der Waals surface area (Å²) in [5.74, 6) is 0.314. The minimum absolute atomic E-state index is 0.164. The summed E-state index contributed by atoms with van der Waals surface area (Å²) >= 11 is 0. The van der Waals surface area contributed by atoms with Crippen molar-refractivity contribution in [1.82, 2.24) is 4.57 Å². The van der Waals surface area contributed by atoms with Gasteiger partial charge in [0.05, 0.1) is 12.7 Å². The Morgan fingerprint density at radius 3 is 2.26 bits per heavy atom. The molecule has 0 unspecified atom stereocenters. The molecule has 6 heteroatoms. The Kier molecular flexibility index (Phi) is 5.45. The molecule has 0 atom stereocenters. The van der Waals surface area contributed by atoms with Crippen LogP contribution in [0.2, 0.25) is 0 Å². The number of nitrogens with zero attached hydrogens (tertiary/aromatic N) is 1. The molecule has 1 heterocycles. The average molecular weight is 365 g/mol. The van der Waals surface area contributed by atoms with Gasteiger partial charge in [0, 0.05) is 35.0 Å². The number of carbonyl (C=O) groups is 2. The number of para-hydroxylation sites is 1. The minimum atomic E-state index is -0.537. The Hall–Kier alpha value is -3.28. The van der Waals surface area contributed by atoms with Gasteiger partial charge in [-0.3, -0.25) is 10.1 Å². The van der Waals surface area contributed by atoms with Crippen LogP contribution in [0.3, 0.4) is 0 Å². The second kappa shape index (κ2) is 7.95. The molecule has 0 aliphatic carbocycles. The van der Waals surface area contributed by atoms with Gasteiger partial charge in [-0.1, -0.05) is 32.0 Å². The Morgan fingerprint density at radius 2 is 1.63 bits per heavy atom. The van der Waals surface area contributed by atoms with Crippen LogP contribution >= 0.6 is 0 Å². The van der Waals surface area contributed by atoms with Gasteiger partial charge in [0.15, 0.2) is 0 Å². The molecular weight excluding hydrogens is 342 g/mol. The number of aromatic nitrogens is 1. The zero-order valence-electron chi connectivity index (χ0n) is 15.7. The van der Waals surface area contributed by atoms with Crippen molar-refractivity contribution in [3.8, 4) is 0 Å². The van der Waals surface area contributed by atoms with E-state index >= 15 is 0 Å². The number of benzene rings is 2. The molecule has 2 aromatic carbocycles. The number of nitrogens with one attached hydrogen (secondary N) is 2. The monoisotopic (exact) mass is 365 g/mol. The van der Waals surface area contributed by atoms with E-state index in [1.165, 1.54) is 7.11 Å². The minimum Gasteiger partial charge on any atom is -0.453 e. The highest BCUT2D eigenvalue weighted by molar-refractivity contribution is 6.13. The highest BCUT2D eigenvalue weighted by Crippen LogP contribution is 2.24. The van der Waals surface area contributed by atoms with Gasteiger partial charge >= 0.3 is 6.09 Å². The molecule has 0 saturated heterocycles. The molecule has 0 bridgehead atoms. The molecule has 0 fully saturated rings. The number of hydrogen-bond acceptors (Lipinski definition) is 3. The van der Waals surface area contributed by atoms with Crippen molar-refractivity contribution in [3.05, 3.63) is 60.3 Å². The first kappa shape index (κ1) is 18.5. The predicted molar refractivity (Wildman–Crippen MR) is 107 cm³/mol. The molecule has 0 aliphatic heterocycles. The first-order chi connectivity index (χ1) is 13.0. The lowest BCUT2D eigenvalue weighted by Crippen LogP contribution is -2.13. The fourth-order valence-corrected chi connectivity index (χ4v) is 2.98. The smallest absolute Gasteiger partial charge is 0.411 e. The third-order valence-electron chi connectivity index (χ3n) is 4.17. The maximum absolute atomic E-state index is 12.8. The Morgan fingerprint density at radius 1 is 1.00 bits per heavy atom. The lowest BCUT2D eigenvalue weighted by molar-refractivity contribution is 0.102. The Bertz CT molecular complexity index is 958. The van der Waals surface area contributed by atoms with Crippen LogP contribution in [0.4, 0.5) is 16.2 Å². The summed E-state index contributed by atoms with van der Waals surface area (Å²) in [6.07, 6.45) is 1.37. The van der Waals surface area contributed by atoms with Crippen molar-refractivity contribution in [2.24, 2.45) is 5.92 Å². The van der Waals surface area contributed by atoms with Gasteiger partial charge in [0.25, 0.3) is 5.91 Å². The first-order valence-electron chi connectivity index (χ1n) is 8.82. The average Bonchev–Trinajstić information content (AvgIpc) is 3.01. The lowest BCUT2D eigenvalue weighted by atomic mass is 10.1. The summed E-state index contributed by atoms with van der Waals surface area (Å²) in [7, 11) is 1.31. The third-order valence-corrected chi connectivity index (χ3v) is 4.17. The van der Waals surface area contributed by atoms with Crippen molar-refractivity contribution in [1.29, 1.82) is 0 Å². The lowest BCUT2D eigenvalue weighted by Gasteiger charge is -2.07. The summed E-state index contributed by atoms with van der Waals surface area (Å²) in [4.78, 5) is 24.0. The predicted octanol–water partition coefficient (Wildman–Crippen LogP) is 4.73. The molecule has 0 radical (unpaired) electrons. The van der Waals surface area contributed by atoms with Gasteiger partial charge < -0.3 is 14.6 Å². The van der Waals surface area contributed by atoms with E-state index in [0.29, 0.717) is 22.9 Å². The first-order valence-corrected chi connectivity index (χ1v) is 8.82. The largest absolute Gasteiger partial charge is 0.453 e. The van der Waals surface area contributed by atoms with Crippen molar-refractivity contribution in [2.45, 2.75) is 20.4 Å². The molecule has 0 spiro atoms. The molecule has 27 heavy (non-hydrogen) atoms. The number of anilines is 2. The highest BCUT2D eigenvalue weighted by atomic mass is 16.5. The molecule has 140 valence electrons. The zero-order valence-corrected chi connectivity index (χ0v) is 15.7. The van der Waals surface area contributed by atoms with Crippen LogP contribution in [0.1, 0.15) is 24.2 Å². The fourth-order valence-electron chi connectivity index (χ4n) is 2.98. The number of ether oxygens (including phenoxy) is 1. The second-order valence-corrected chi connectivity index (χ2v) is 6.75. The van der Waals surface area contributed by atoms with Gasteiger partial charge in [-0.2, -0.15) is 0 Å². The maximum Gasteiger partial charge on any atom is 0.411 e. The number of methoxy groups -OCH3 is 1. The molecule has 3 rings (SSSR count). The van der Waals surface area contributed by atoms with E-state index in [4.69, 9.17) is 0 Å². The summed E-state index contributed by atoms with van der Waals surface area (Å²) in [6, 6.07) is 14.8. The fraction of sp³-hybridized carbons (Fsp3) is 0.238. The second-order valence-electron chi connectivity index (χ2n) is 6.75. The van der Waals surface area contributed by atoms with Gasteiger partial charge in [0.1, 0.15) is 0 Å². The van der Waals surface area contributed by atoms with Crippen LogP contribution in [0.15, 0.2) is 54.7 Å². The van der Waals surface area contributed by atoms with E-state index in [2.05, 4.69) is 33.8 Å². The van der Waals surface area contributed by atoms with Crippen LogP contribution < -0.4 is 10.6 Å². The van der Waals surface area contributed by atoms with Crippen LogP contribution in [-0.2, 0) is 11.3 Å². The maximum atomic E-state index is 12.8. The van der Waals surface area contributed by atoms with Gasteiger partial charge in [0.2, 0.25) is 0 Å². The third kappa shape index (κ3) is 4.28. The quantitative estimate of drug-likeness (QED) is 0.687. The molecule has 3 aromatic rings. The highest BCUT2D eigenvalue weighted by Gasteiger charge is 2.15. The van der Waals surface area contributed by atoms with Gasteiger partial charge in [-0.15, -0.1) is 0 Å². The van der Waals surface area contributed by atoms with Crippen molar-refractivity contribution in [3.63, 3.8) is 0 Å². The van der Waals surface area contributed by atoms with Crippen molar-refractivity contribution in [2.75, 3.05) is 17.7 Å². The summed E-state index contributed by atoms with van der Waals surface area (Å²) in [5, 5.41) is 6.42. The van der Waals surface area contributed by atoms with E-state index < -0.39 is 6.09 Å². The van der Waals surface area contributed by atoms with Crippen LogP contribution in [0.25, 0.3) is 10.9 Å². The Balaban J connectivity index is 1.81.